The maximum atomic E-state index is 11.4. The van der Waals surface area contributed by atoms with Crippen LogP contribution in [0.4, 0.5) is 0 Å². The molecule has 0 saturated carbocycles. The number of methoxy groups -OCH3 is 3. The molecular weight excluding hydrogens is 238 g/mol. The summed E-state index contributed by atoms with van der Waals surface area (Å²) in [6, 6.07) is 3.31. The van der Waals surface area contributed by atoms with E-state index in [4.69, 9.17) is 19.9 Å². The van der Waals surface area contributed by atoms with E-state index in [9.17, 15) is 4.79 Å². The van der Waals surface area contributed by atoms with E-state index in [-0.39, 0.29) is 19.1 Å². The van der Waals surface area contributed by atoms with Gasteiger partial charge in [0.1, 0.15) is 24.0 Å². The highest BCUT2D eigenvalue weighted by molar-refractivity contribution is 5.75. The average Bonchev–Trinajstić information content (AvgIpc) is 2.40. The van der Waals surface area contributed by atoms with Crippen LogP contribution in [0.15, 0.2) is 12.1 Å². The standard InChI is InChI=1S/C12H17NO5/c1-15-8-4-10(16-2)9(6-12(14)17-3)11(5-8)18-7-13/h4-5H,6-7,13H2,1-3H3. The first-order valence-corrected chi connectivity index (χ1v) is 5.30. The van der Waals surface area contributed by atoms with Crippen LogP contribution in [0.1, 0.15) is 5.56 Å². The number of carbonyl (C=O) groups excluding carboxylic acids is 1. The molecule has 0 aliphatic rings. The minimum atomic E-state index is -0.389. The van der Waals surface area contributed by atoms with Crippen molar-refractivity contribution >= 4 is 5.97 Å². The van der Waals surface area contributed by atoms with Gasteiger partial charge >= 0.3 is 5.97 Å². The van der Waals surface area contributed by atoms with Gasteiger partial charge in [0.15, 0.2) is 0 Å². The Balaban J connectivity index is 3.20. The molecule has 100 valence electrons. The monoisotopic (exact) mass is 255 g/mol. The van der Waals surface area contributed by atoms with Crippen molar-refractivity contribution in [3.63, 3.8) is 0 Å². The molecule has 0 fully saturated rings. The van der Waals surface area contributed by atoms with Crippen molar-refractivity contribution in [2.45, 2.75) is 6.42 Å². The van der Waals surface area contributed by atoms with Gasteiger partial charge in [-0.05, 0) is 0 Å². The molecule has 18 heavy (non-hydrogen) atoms. The molecule has 0 amide bonds. The number of esters is 1. The number of ether oxygens (including phenoxy) is 4. The van der Waals surface area contributed by atoms with Crippen LogP contribution < -0.4 is 19.9 Å². The SMILES string of the molecule is COC(=O)Cc1c(OC)cc(OC)cc1OCN. The van der Waals surface area contributed by atoms with Gasteiger partial charge in [0.2, 0.25) is 0 Å². The van der Waals surface area contributed by atoms with Gasteiger partial charge < -0.3 is 18.9 Å². The maximum Gasteiger partial charge on any atom is 0.310 e. The zero-order chi connectivity index (χ0) is 13.5. The number of hydrogen-bond acceptors (Lipinski definition) is 6. The lowest BCUT2D eigenvalue weighted by Crippen LogP contribution is -2.12. The summed E-state index contributed by atoms with van der Waals surface area (Å²) in [5, 5.41) is 0. The molecule has 0 aliphatic heterocycles. The summed E-state index contributed by atoms with van der Waals surface area (Å²) in [5.41, 5.74) is 5.94. The summed E-state index contributed by atoms with van der Waals surface area (Å²) in [5.74, 6) is 1.10. The maximum absolute atomic E-state index is 11.4. The Morgan fingerprint density at radius 2 is 1.83 bits per heavy atom. The molecule has 0 atom stereocenters. The second-order valence-corrected chi connectivity index (χ2v) is 3.37. The highest BCUT2D eigenvalue weighted by atomic mass is 16.5. The van der Waals surface area contributed by atoms with Crippen molar-refractivity contribution in [2.75, 3.05) is 28.1 Å². The van der Waals surface area contributed by atoms with Crippen molar-refractivity contribution in [1.29, 1.82) is 0 Å². The molecule has 0 aliphatic carbocycles. The third kappa shape index (κ3) is 3.27. The van der Waals surface area contributed by atoms with Crippen molar-refractivity contribution in [3.8, 4) is 17.2 Å². The Morgan fingerprint density at radius 1 is 1.17 bits per heavy atom. The summed E-state index contributed by atoms with van der Waals surface area (Å²) >= 11 is 0. The van der Waals surface area contributed by atoms with Gasteiger partial charge in [0.05, 0.1) is 27.8 Å². The van der Waals surface area contributed by atoms with Crippen LogP contribution >= 0.6 is 0 Å². The van der Waals surface area contributed by atoms with Crippen LogP contribution in [-0.4, -0.2) is 34.0 Å². The lowest BCUT2D eigenvalue weighted by molar-refractivity contribution is -0.139. The van der Waals surface area contributed by atoms with Crippen LogP contribution in [0.2, 0.25) is 0 Å². The van der Waals surface area contributed by atoms with Crippen LogP contribution in [0.25, 0.3) is 0 Å². The third-order valence-electron chi connectivity index (χ3n) is 2.38. The van der Waals surface area contributed by atoms with Gasteiger partial charge in [-0.3, -0.25) is 10.5 Å². The van der Waals surface area contributed by atoms with Gasteiger partial charge in [0, 0.05) is 17.7 Å². The lowest BCUT2D eigenvalue weighted by atomic mass is 10.1. The molecule has 0 heterocycles. The largest absolute Gasteiger partial charge is 0.496 e. The highest BCUT2D eigenvalue weighted by Crippen LogP contribution is 2.34. The molecule has 0 saturated heterocycles. The smallest absolute Gasteiger partial charge is 0.310 e. The van der Waals surface area contributed by atoms with E-state index in [2.05, 4.69) is 4.74 Å². The number of nitrogens with two attached hydrogens (primary N) is 1. The van der Waals surface area contributed by atoms with E-state index < -0.39 is 0 Å². The van der Waals surface area contributed by atoms with Crippen LogP contribution in [0.5, 0.6) is 17.2 Å². The molecule has 6 heteroatoms. The first kappa shape index (κ1) is 14.1. The number of hydrogen-bond donors (Lipinski definition) is 1. The van der Waals surface area contributed by atoms with Crippen molar-refractivity contribution in [2.24, 2.45) is 5.73 Å². The Labute approximate surface area is 106 Å². The van der Waals surface area contributed by atoms with E-state index in [1.165, 1.54) is 21.3 Å². The van der Waals surface area contributed by atoms with Crippen LogP contribution in [0.3, 0.4) is 0 Å². The molecule has 1 aromatic carbocycles. The molecule has 2 N–H and O–H groups in total. The van der Waals surface area contributed by atoms with Gasteiger partial charge in [-0.2, -0.15) is 0 Å². The molecule has 0 radical (unpaired) electrons. The van der Waals surface area contributed by atoms with Gasteiger partial charge in [0.25, 0.3) is 0 Å². The first-order valence-electron chi connectivity index (χ1n) is 5.30. The minimum absolute atomic E-state index is 0.00943. The molecular formula is C12H17NO5. The summed E-state index contributed by atoms with van der Waals surface area (Å²) in [6.07, 6.45) is 0.0407. The quantitative estimate of drug-likeness (QED) is 0.596. The summed E-state index contributed by atoms with van der Waals surface area (Å²) in [4.78, 5) is 11.4. The summed E-state index contributed by atoms with van der Waals surface area (Å²) in [7, 11) is 4.35. The average molecular weight is 255 g/mol. The van der Waals surface area contributed by atoms with E-state index in [1.54, 1.807) is 12.1 Å². The fraction of sp³-hybridized carbons (Fsp3) is 0.417. The number of carbonyl (C=O) groups is 1. The van der Waals surface area contributed by atoms with Crippen molar-refractivity contribution < 1.29 is 23.7 Å². The van der Waals surface area contributed by atoms with E-state index in [1.807, 2.05) is 0 Å². The van der Waals surface area contributed by atoms with E-state index >= 15 is 0 Å². The predicted molar refractivity (Wildman–Crippen MR) is 64.9 cm³/mol. The zero-order valence-electron chi connectivity index (χ0n) is 10.7. The molecule has 1 rings (SSSR count). The molecule has 0 bridgehead atoms. The normalized spacial score (nSPS) is 9.78. The molecule has 0 spiro atoms. The minimum Gasteiger partial charge on any atom is -0.496 e. The van der Waals surface area contributed by atoms with E-state index in [0.29, 0.717) is 22.8 Å². The number of benzene rings is 1. The van der Waals surface area contributed by atoms with E-state index in [0.717, 1.165) is 0 Å². The second-order valence-electron chi connectivity index (χ2n) is 3.37. The van der Waals surface area contributed by atoms with Crippen molar-refractivity contribution in [1.82, 2.24) is 0 Å². The zero-order valence-corrected chi connectivity index (χ0v) is 10.7. The third-order valence-corrected chi connectivity index (χ3v) is 2.38. The fourth-order valence-electron chi connectivity index (χ4n) is 1.51. The number of rotatable bonds is 6. The van der Waals surface area contributed by atoms with Crippen LogP contribution in [0, 0.1) is 0 Å². The Hall–Kier alpha value is -1.95. The molecule has 6 nitrogen and oxygen atoms in total. The fourth-order valence-corrected chi connectivity index (χ4v) is 1.51. The highest BCUT2D eigenvalue weighted by Gasteiger charge is 2.17. The van der Waals surface area contributed by atoms with Gasteiger partial charge in [-0.1, -0.05) is 0 Å². The Kier molecular flexibility index (Phi) is 5.26. The Bertz CT molecular complexity index is 419. The van der Waals surface area contributed by atoms with Gasteiger partial charge in [-0.25, -0.2) is 0 Å². The van der Waals surface area contributed by atoms with Gasteiger partial charge in [-0.15, -0.1) is 0 Å². The molecule has 0 aromatic heterocycles. The molecule has 1 aromatic rings. The molecule has 0 unspecified atom stereocenters. The second kappa shape index (κ2) is 6.70. The van der Waals surface area contributed by atoms with Crippen LogP contribution in [-0.2, 0) is 16.0 Å². The summed E-state index contributed by atoms with van der Waals surface area (Å²) in [6.45, 7) is -0.00943. The lowest BCUT2D eigenvalue weighted by Gasteiger charge is -2.15. The predicted octanol–water partition coefficient (Wildman–Crippen LogP) is 0.714. The Morgan fingerprint density at radius 3 is 2.33 bits per heavy atom. The summed E-state index contributed by atoms with van der Waals surface area (Å²) < 4.78 is 20.2. The van der Waals surface area contributed by atoms with Crippen molar-refractivity contribution in [3.05, 3.63) is 17.7 Å². The topological polar surface area (TPSA) is 80.0 Å². The first-order chi connectivity index (χ1) is 8.65.